The van der Waals surface area contributed by atoms with E-state index in [9.17, 15) is 9.59 Å². The minimum atomic E-state index is -0.600. The van der Waals surface area contributed by atoms with Gasteiger partial charge in [0, 0.05) is 23.9 Å². The summed E-state index contributed by atoms with van der Waals surface area (Å²) in [5, 5.41) is 14.3. The Labute approximate surface area is 174 Å². The molecule has 3 aromatic carbocycles. The van der Waals surface area contributed by atoms with Crippen LogP contribution in [0.2, 0.25) is 0 Å². The molecule has 0 bridgehead atoms. The molecule has 0 unspecified atom stereocenters. The molecule has 0 aliphatic heterocycles. The first-order valence-corrected chi connectivity index (χ1v) is 9.19. The third kappa shape index (κ3) is 5.84. The summed E-state index contributed by atoms with van der Waals surface area (Å²) in [4.78, 5) is 23.2. The van der Waals surface area contributed by atoms with Gasteiger partial charge in [-0.1, -0.05) is 30.3 Å². The van der Waals surface area contributed by atoms with Crippen molar-refractivity contribution >= 4 is 17.6 Å². The SMILES string of the molecule is N#Cc1cccc(COc2cccc(NC(=O)c3ccc(CNC(N)=O)cc3)c2)c1. The van der Waals surface area contributed by atoms with Gasteiger partial charge in [-0.05, 0) is 47.5 Å². The number of primary amides is 1. The summed E-state index contributed by atoms with van der Waals surface area (Å²) in [5.74, 6) is 0.339. The van der Waals surface area contributed by atoms with Gasteiger partial charge in [-0.25, -0.2) is 4.79 Å². The molecule has 0 radical (unpaired) electrons. The molecule has 0 atom stereocenters. The number of anilines is 1. The second kappa shape index (κ2) is 9.75. The van der Waals surface area contributed by atoms with Crippen LogP contribution < -0.4 is 21.1 Å². The van der Waals surface area contributed by atoms with Crippen molar-refractivity contribution in [1.82, 2.24) is 5.32 Å². The van der Waals surface area contributed by atoms with E-state index in [0.717, 1.165) is 11.1 Å². The third-order valence-corrected chi connectivity index (χ3v) is 4.24. The van der Waals surface area contributed by atoms with Crippen LogP contribution in [-0.4, -0.2) is 11.9 Å². The maximum Gasteiger partial charge on any atom is 0.312 e. The lowest BCUT2D eigenvalue weighted by molar-refractivity contribution is 0.102. The van der Waals surface area contributed by atoms with E-state index in [0.29, 0.717) is 35.7 Å². The standard InChI is InChI=1S/C23H20N4O3/c24-13-17-3-1-4-18(11-17)15-30-21-6-2-5-20(12-21)27-22(28)19-9-7-16(8-10-19)14-26-23(25)29/h1-12H,14-15H2,(H,27,28)(H3,25,26,29). The summed E-state index contributed by atoms with van der Waals surface area (Å²) in [6.07, 6.45) is 0. The van der Waals surface area contributed by atoms with E-state index in [1.54, 1.807) is 60.7 Å². The zero-order valence-electron chi connectivity index (χ0n) is 16.1. The Morgan fingerprint density at radius 3 is 2.47 bits per heavy atom. The molecular weight excluding hydrogens is 380 g/mol. The molecule has 3 amide bonds. The van der Waals surface area contributed by atoms with Gasteiger partial charge in [0.2, 0.25) is 0 Å². The van der Waals surface area contributed by atoms with Crippen LogP contribution in [0.3, 0.4) is 0 Å². The van der Waals surface area contributed by atoms with Crippen LogP contribution in [0.15, 0.2) is 72.8 Å². The number of amides is 3. The van der Waals surface area contributed by atoms with Crippen molar-refractivity contribution in [3.63, 3.8) is 0 Å². The zero-order valence-corrected chi connectivity index (χ0v) is 16.1. The average molecular weight is 400 g/mol. The molecule has 7 heteroatoms. The van der Waals surface area contributed by atoms with Gasteiger partial charge in [-0.3, -0.25) is 4.79 Å². The van der Waals surface area contributed by atoms with Gasteiger partial charge >= 0.3 is 6.03 Å². The van der Waals surface area contributed by atoms with Crippen molar-refractivity contribution in [3.05, 3.63) is 95.1 Å². The second-order valence-electron chi connectivity index (χ2n) is 6.50. The molecule has 30 heavy (non-hydrogen) atoms. The highest BCUT2D eigenvalue weighted by molar-refractivity contribution is 6.04. The highest BCUT2D eigenvalue weighted by atomic mass is 16.5. The lowest BCUT2D eigenvalue weighted by Gasteiger charge is -2.10. The predicted molar refractivity (Wildman–Crippen MR) is 113 cm³/mol. The molecule has 3 rings (SSSR count). The third-order valence-electron chi connectivity index (χ3n) is 4.24. The second-order valence-corrected chi connectivity index (χ2v) is 6.50. The monoisotopic (exact) mass is 400 g/mol. The normalized spacial score (nSPS) is 9.97. The van der Waals surface area contributed by atoms with Crippen molar-refractivity contribution in [1.29, 1.82) is 5.26 Å². The molecular formula is C23H20N4O3. The maximum absolute atomic E-state index is 12.5. The van der Waals surface area contributed by atoms with E-state index in [4.69, 9.17) is 15.7 Å². The van der Waals surface area contributed by atoms with Crippen LogP contribution in [0.4, 0.5) is 10.5 Å². The van der Waals surface area contributed by atoms with Crippen molar-refractivity contribution in [3.8, 4) is 11.8 Å². The minimum absolute atomic E-state index is 0.261. The van der Waals surface area contributed by atoms with Gasteiger partial charge in [0.15, 0.2) is 0 Å². The number of ether oxygens (including phenoxy) is 1. The number of benzene rings is 3. The van der Waals surface area contributed by atoms with E-state index in [2.05, 4.69) is 16.7 Å². The largest absolute Gasteiger partial charge is 0.489 e. The molecule has 0 aliphatic rings. The van der Waals surface area contributed by atoms with Crippen molar-refractivity contribution in [2.45, 2.75) is 13.2 Å². The summed E-state index contributed by atoms with van der Waals surface area (Å²) in [7, 11) is 0. The molecule has 7 nitrogen and oxygen atoms in total. The molecule has 0 saturated carbocycles. The van der Waals surface area contributed by atoms with Gasteiger partial charge in [-0.2, -0.15) is 5.26 Å². The number of rotatable bonds is 7. The molecule has 0 heterocycles. The summed E-state index contributed by atoms with van der Waals surface area (Å²) in [6.45, 7) is 0.613. The fourth-order valence-electron chi connectivity index (χ4n) is 2.73. The first kappa shape index (κ1) is 20.4. The fourth-order valence-corrected chi connectivity index (χ4v) is 2.73. The molecule has 0 aromatic heterocycles. The molecule has 4 N–H and O–H groups in total. The highest BCUT2D eigenvalue weighted by Gasteiger charge is 2.07. The van der Waals surface area contributed by atoms with Crippen molar-refractivity contribution < 1.29 is 14.3 Å². The molecule has 150 valence electrons. The van der Waals surface area contributed by atoms with Crippen LogP contribution in [0.25, 0.3) is 0 Å². The van der Waals surface area contributed by atoms with E-state index in [-0.39, 0.29) is 5.91 Å². The quantitative estimate of drug-likeness (QED) is 0.562. The molecule has 0 fully saturated rings. The smallest absolute Gasteiger partial charge is 0.312 e. The molecule has 3 aromatic rings. The van der Waals surface area contributed by atoms with Gasteiger partial charge < -0.3 is 21.1 Å². The zero-order chi connectivity index (χ0) is 21.3. The Hall–Kier alpha value is -4.31. The molecule has 0 spiro atoms. The number of nitrogens with one attached hydrogen (secondary N) is 2. The van der Waals surface area contributed by atoms with Crippen LogP contribution in [0.1, 0.15) is 27.0 Å². The molecule has 0 saturated heterocycles. The van der Waals surface area contributed by atoms with Crippen LogP contribution >= 0.6 is 0 Å². The summed E-state index contributed by atoms with van der Waals surface area (Å²) in [6, 6.07) is 22.6. The maximum atomic E-state index is 12.5. The number of carbonyl (C=O) groups is 2. The Morgan fingerprint density at radius 1 is 0.967 bits per heavy atom. The van der Waals surface area contributed by atoms with Crippen molar-refractivity contribution in [2.75, 3.05) is 5.32 Å². The number of hydrogen-bond acceptors (Lipinski definition) is 4. The van der Waals surface area contributed by atoms with E-state index in [1.807, 2.05) is 12.1 Å². The Morgan fingerprint density at radius 2 is 1.73 bits per heavy atom. The van der Waals surface area contributed by atoms with Gasteiger partial charge in [0.1, 0.15) is 12.4 Å². The van der Waals surface area contributed by atoms with E-state index in [1.165, 1.54) is 0 Å². The van der Waals surface area contributed by atoms with Gasteiger partial charge in [0.05, 0.1) is 11.6 Å². The van der Waals surface area contributed by atoms with Gasteiger partial charge in [-0.15, -0.1) is 0 Å². The number of carbonyl (C=O) groups excluding carboxylic acids is 2. The van der Waals surface area contributed by atoms with Crippen LogP contribution in [-0.2, 0) is 13.2 Å². The fraction of sp³-hybridized carbons (Fsp3) is 0.0870. The number of nitrogens with two attached hydrogens (primary N) is 1. The summed E-state index contributed by atoms with van der Waals surface area (Å²) < 4.78 is 5.78. The first-order valence-electron chi connectivity index (χ1n) is 9.19. The Balaban J connectivity index is 1.59. The summed E-state index contributed by atoms with van der Waals surface area (Å²) >= 11 is 0. The number of hydrogen-bond donors (Lipinski definition) is 3. The van der Waals surface area contributed by atoms with Crippen LogP contribution in [0, 0.1) is 11.3 Å². The first-order chi connectivity index (χ1) is 14.5. The van der Waals surface area contributed by atoms with E-state index < -0.39 is 6.03 Å². The Kier molecular flexibility index (Phi) is 6.64. The lowest BCUT2D eigenvalue weighted by Crippen LogP contribution is -2.28. The topological polar surface area (TPSA) is 117 Å². The predicted octanol–water partition coefficient (Wildman–Crippen LogP) is 3.56. The minimum Gasteiger partial charge on any atom is -0.489 e. The Bertz CT molecular complexity index is 1090. The number of nitriles is 1. The van der Waals surface area contributed by atoms with Crippen LogP contribution in [0.5, 0.6) is 5.75 Å². The highest BCUT2D eigenvalue weighted by Crippen LogP contribution is 2.20. The van der Waals surface area contributed by atoms with Crippen molar-refractivity contribution in [2.24, 2.45) is 5.73 Å². The van der Waals surface area contributed by atoms with Gasteiger partial charge in [0.25, 0.3) is 5.91 Å². The molecule has 0 aliphatic carbocycles. The summed E-state index contributed by atoms with van der Waals surface area (Å²) in [5.41, 5.74) is 8.43. The average Bonchev–Trinajstić information content (AvgIpc) is 2.77. The number of nitrogens with zero attached hydrogens (tertiary/aromatic N) is 1. The lowest BCUT2D eigenvalue weighted by atomic mass is 10.1. The van der Waals surface area contributed by atoms with E-state index >= 15 is 0 Å². The number of urea groups is 1.